The zero-order valence-corrected chi connectivity index (χ0v) is 10.1. The molecule has 1 amide bonds. The van der Waals surface area contributed by atoms with E-state index in [4.69, 9.17) is 0 Å². The van der Waals surface area contributed by atoms with Crippen molar-refractivity contribution in [3.63, 3.8) is 0 Å². The van der Waals surface area contributed by atoms with E-state index in [1.807, 2.05) is 0 Å². The van der Waals surface area contributed by atoms with E-state index < -0.39 is 0 Å². The molecule has 2 atom stereocenters. The van der Waals surface area contributed by atoms with E-state index >= 15 is 0 Å². The summed E-state index contributed by atoms with van der Waals surface area (Å²) < 4.78 is 4.57. The number of nitrogens with zero attached hydrogens (tertiary/aromatic N) is 1. The molecule has 0 aliphatic heterocycles. The van der Waals surface area contributed by atoms with Crippen molar-refractivity contribution in [2.75, 3.05) is 21.2 Å². The molecule has 0 bridgehead atoms. The van der Waals surface area contributed by atoms with Gasteiger partial charge in [0.05, 0.1) is 12.4 Å². The van der Waals surface area contributed by atoms with Gasteiger partial charge >= 0.3 is 5.97 Å². The Morgan fingerprint density at radius 1 is 1.21 bits per heavy atom. The predicted octanol–water partition coefficient (Wildman–Crippen LogP) is 0.758. The van der Waals surface area contributed by atoms with E-state index in [0.29, 0.717) is 0 Å². The summed E-state index contributed by atoms with van der Waals surface area (Å²) in [5.41, 5.74) is 0. The lowest BCUT2D eigenvalue weighted by Gasteiger charge is -2.18. The van der Waals surface area contributed by atoms with Gasteiger partial charge in [-0.2, -0.15) is 0 Å². The lowest BCUT2D eigenvalue weighted by molar-refractivity contribution is -0.139. The first-order valence-electron chi connectivity index (χ1n) is 4.34. The van der Waals surface area contributed by atoms with Crippen molar-refractivity contribution >= 4 is 23.6 Å². The predicted molar refractivity (Wildman–Crippen MR) is 57.2 cm³/mol. The van der Waals surface area contributed by atoms with E-state index in [-0.39, 0.29) is 22.4 Å². The van der Waals surface area contributed by atoms with Gasteiger partial charge in [0.2, 0.25) is 5.91 Å². The molecule has 0 radical (unpaired) electrons. The maximum absolute atomic E-state index is 11.4. The monoisotopic (exact) mass is 219 g/mol. The minimum atomic E-state index is -0.307. The summed E-state index contributed by atoms with van der Waals surface area (Å²) in [5.74, 6) is -0.292. The van der Waals surface area contributed by atoms with Gasteiger partial charge in [0, 0.05) is 14.1 Å². The summed E-state index contributed by atoms with van der Waals surface area (Å²) in [6.45, 7) is 3.52. The normalized spacial score (nSPS) is 14.4. The Morgan fingerprint density at radius 3 is 2.07 bits per heavy atom. The number of amides is 1. The molecule has 0 aromatic heterocycles. The highest BCUT2D eigenvalue weighted by Crippen LogP contribution is 2.19. The van der Waals surface area contributed by atoms with E-state index in [2.05, 4.69) is 4.74 Å². The van der Waals surface area contributed by atoms with Crippen molar-refractivity contribution in [1.29, 1.82) is 0 Å². The van der Waals surface area contributed by atoms with Crippen molar-refractivity contribution in [2.45, 2.75) is 24.3 Å². The molecule has 14 heavy (non-hydrogen) atoms. The van der Waals surface area contributed by atoms with Crippen LogP contribution in [-0.2, 0) is 14.3 Å². The number of carbonyl (C=O) groups excluding carboxylic acids is 2. The van der Waals surface area contributed by atoms with Crippen LogP contribution in [0.15, 0.2) is 0 Å². The second-order valence-electron chi connectivity index (χ2n) is 3.18. The lowest BCUT2D eigenvalue weighted by Crippen LogP contribution is -2.32. The first-order valence-corrected chi connectivity index (χ1v) is 5.28. The van der Waals surface area contributed by atoms with Crippen LogP contribution in [0.5, 0.6) is 0 Å². The van der Waals surface area contributed by atoms with E-state index in [1.165, 1.54) is 23.8 Å². The second-order valence-corrected chi connectivity index (χ2v) is 4.86. The van der Waals surface area contributed by atoms with Crippen LogP contribution >= 0.6 is 11.8 Å². The summed E-state index contributed by atoms with van der Waals surface area (Å²) in [5, 5.41) is -0.530. The highest BCUT2D eigenvalue weighted by Gasteiger charge is 2.22. The first kappa shape index (κ1) is 13.3. The number of esters is 1. The fourth-order valence-corrected chi connectivity index (χ4v) is 2.10. The molecular formula is C9H17NO3S. The van der Waals surface area contributed by atoms with Crippen molar-refractivity contribution in [2.24, 2.45) is 0 Å². The molecule has 0 aliphatic rings. The van der Waals surface area contributed by atoms with Crippen LogP contribution in [0, 0.1) is 0 Å². The fraction of sp³-hybridized carbons (Fsp3) is 0.778. The van der Waals surface area contributed by atoms with Crippen LogP contribution in [0.3, 0.4) is 0 Å². The molecule has 0 N–H and O–H groups in total. The van der Waals surface area contributed by atoms with Crippen LogP contribution in [0.1, 0.15) is 13.8 Å². The van der Waals surface area contributed by atoms with Crippen molar-refractivity contribution in [1.82, 2.24) is 4.90 Å². The van der Waals surface area contributed by atoms with Crippen molar-refractivity contribution < 1.29 is 14.3 Å². The van der Waals surface area contributed by atoms with Gasteiger partial charge in [-0.3, -0.25) is 9.59 Å². The van der Waals surface area contributed by atoms with Crippen molar-refractivity contribution in [3.05, 3.63) is 0 Å². The van der Waals surface area contributed by atoms with E-state index in [0.717, 1.165) is 0 Å². The summed E-state index contributed by atoms with van der Waals surface area (Å²) >= 11 is 1.30. The van der Waals surface area contributed by atoms with Crippen LogP contribution in [0.2, 0.25) is 0 Å². The zero-order valence-electron chi connectivity index (χ0n) is 9.23. The van der Waals surface area contributed by atoms with Crippen LogP contribution in [0.25, 0.3) is 0 Å². The molecule has 0 aromatic carbocycles. The summed E-state index contributed by atoms with van der Waals surface area (Å²) in [6, 6.07) is 0. The van der Waals surface area contributed by atoms with Gasteiger partial charge in [-0.05, 0) is 13.8 Å². The fourth-order valence-electron chi connectivity index (χ4n) is 0.950. The van der Waals surface area contributed by atoms with Crippen LogP contribution in [-0.4, -0.2) is 48.5 Å². The van der Waals surface area contributed by atoms with Crippen LogP contribution < -0.4 is 0 Å². The van der Waals surface area contributed by atoms with E-state index in [1.54, 1.807) is 27.9 Å². The Balaban J connectivity index is 4.12. The molecule has 0 rings (SSSR count). The van der Waals surface area contributed by atoms with E-state index in [9.17, 15) is 9.59 Å². The number of ether oxygens (including phenoxy) is 1. The first-order chi connectivity index (χ1) is 6.40. The Labute approximate surface area is 89.0 Å². The Hall–Kier alpha value is -0.710. The molecular weight excluding hydrogens is 202 g/mol. The quantitative estimate of drug-likeness (QED) is 0.655. The molecule has 0 aromatic rings. The van der Waals surface area contributed by atoms with Gasteiger partial charge in [-0.25, -0.2) is 0 Å². The SMILES string of the molecule is COC(=O)[C@H](C)S[C@@H](C)C(=O)N(C)C. The van der Waals surface area contributed by atoms with Gasteiger partial charge < -0.3 is 9.64 Å². The lowest BCUT2D eigenvalue weighted by atomic mass is 10.4. The zero-order chi connectivity index (χ0) is 11.3. The maximum atomic E-state index is 11.4. The minimum absolute atomic E-state index is 0.00533. The summed E-state index contributed by atoms with van der Waals surface area (Å²) in [4.78, 5) is 24.0. The molecule has 4 nitrogen and oxygen atoms in total. The van der Waals surface area contributed by atoms with Crippen LogP contribution in [0.4, 0.5) is 0 Å². The topological polar surface area (TPSA) is 46.6 Å². The van der Waals surface area contributed by atoms with Gasteiger partial charge in [0.15, 0.2) is 0 Å². The summed E-state index contributed by atoms with van der Waals surface area (Å²) in [7, 11) is 4.74. The van der Waals surface area contributed by atoms with Crippen molar-refractivity contribution in [3.8, 4) is 0 Å². The third-order valence-corrected chi connectivity index (χ3v) is 2.94. The molecule has 0 heterocycles. The molecule has 0 aliphatic carbocycles. The maximum Gasteiger partial charge on any atom is 0.318 e. The highest BCUT2D eigenvalue weighted by molar-refractivity contribution is 8.01. The second kappa shape index (κ2) is 5.90. The average molecular weight is 219 g/mol. The molecule has 0 unspecified atom stereocenters. The highest BCUT2D eigenvalue weighted by atomic mass is 32.2. The third kappa shape index (κ3) is 4.00. The molecule has 0 fully saturated rings. The van der Waals surface area contributed by atoms with Gasteiger partial charge in [0.1, 0.15) is 5.25 Å². The average Bonchev–Trinajstić information content (AvgIpc) is 2.14. The smallest absolute Gasteiger partial charge is 0.318 e. The molecule has 0 saturated carbocycles. The third-order valence-electron chi connectivity index (χ3n) is 1.73. The van der Waals surface area contributed by atoms with Gasteiger partial charge in [0.25, 0.3) is 0 Å². The number of methoxy groups -OCH3 is 1. The Kier molecular flexibility index (Phi) is 5.60. The number of hydrogen-bond donors (Lipinski definition) is 0. The minimum Gasteiger partial charge on any atom is -0.468 e. The molecule has 82 valence electrons. The van der Waals surface area contributed by atoms with Gasteiger partial charge in [-0.1, -0.05) is 0 Å². The standard InChI is InChI=1S/C9H17NO3S/c1-6(8(11)10(3)4)14-7(2)9(12)13-5/h6-7H,1-5H3/t6-,7-/m0/s1. The number of hydrogen-bond acceptors (Lipinski definition) is 4. The largest absolute Gasteiger partial charge is 0.468 e. The summed E-state index contributed by atoms with van der Waals surface area (Å²) in [6.07, 6.45) is 0. The molecule has 5 heteroatoms. The number of rotatable bonds is 4. The Morgan fingerprint density at radius 2 is 1.71 bits per heavy atom. The molecule has 0 spiro atoms. The number of carbonyl (C=O) groups is 2. The van der Waals surface area contributed by atoms with Gasteiger partial charge in [-0.15, -0.1) is 11.8 Å². The number of thioether (sulfide) groups is 1. The molecule has 0 saturated heterocycles. The Bertz CT molecular complexity index is 218.